The maximum absolute atomic E-state index is 6.77. The highest BCUT2D eigenvalue weighted by molar-refractivity contribution is 14.1. The zero-order valence-electron chi connectivity index (χ0n) is 18.7. The number of rotatable bonds is 10. The van der Waals surface area contributed by atoms with Crippen molar-refractivity contribution in [3.63, 3.8) is 0 Å². The van der Waals surface area contributed by atoms with E-state index >= 15 is 0 Å². The van der Waals surface area contributed by atoms with Crippen molar-refractivity contribution >= 4 is 30.9 Å². The summed E-state index contributed by atoms with van der Waals surface area (Å²) in [5.74, 6) is 1.19. The molecule has 0 aliphatic carbocycles. The fourth-order valence-electron chi connectivity index (χ4n) is 2.53. The van der Waals surface area contributed by atoms with Crippen LogP contribution < -0.4 is 4.74 Å². The second kappa shape index (κ2) is 11.5. The molecule has 0 bridgehead atoms. The molecule has 2 atom stereocenters. The molecule has 0 aliphatic heterocycles. The molecule has 0 amide bonds. The highest BCUT2D eigenvalue weighted by atomic mass is 127. The molecule has 158 valence electrons. The summed E-state index contributed by atoms with van der Waals surface area (Å²) in [6.07, 6.45) is 4.46. The number of hydrogen-bond donors (Lipinski definition) is 0. The molecule has 0 saturated carbocycles. The van der Waals surface area contributed by atoms with Gasteiger partial charge in [-0.25, -0.2) is 0 Å². The lowest BCUT2D eigenvalue weighted by atomic mass is 9.98. The molecular formula is C23H37IO3Si. The first-order chi connectivity index (χ1) is 13.0. The topological polar surface area (TPSA) is 27.7 Å². The zero-order chi connectivity index (χ0) is 21.4. The van der Waals surface area contributed by atoms with Crippen molar-refractivity contribution in [3.05, 3.63) is 51.6 Å². The quantitative estimate of drug-likeness (QED) is 0.143. The predicted molar refractivity (Wildman–Crippen MR) is 131 cm³/mol. The highest BCUT2D eigenvalue weighted by Gasteiger charge is 2.40. The van der Waals surface area contributed by atoms with Crippen LogP contribution in [0.5, 0.6) is 5.75 Å². The minimum atomic E-state index is -1.86. The molecule has 0 N–H and O–H groups in total. The Balaban J connectivity index is 2.76. The molecule has 1 aromatic rings. The number of ether oxygens (including phenoxy) is 2. The van der Waals surface area contributed by atoms with Crippen LogP contribution in [0.3, 0.4) is 0 Å². The van der Waals surface area contributed by atoms with E-state index < -0.39 is 8.32 Å². The van der Waals surface area contributed by atoms with E-state index in [1.54, 1.807) is 7.11 Å². The molecule has 0 saturated heterocycles. The molecule has 0 aliphatic rings. The second-order valence-corrected chi connectivity index (χ2v) is 14.3. The highest BCUT2D eigenvalue weighted by Crippen LogP contribution is 2.39. The van der Waals surface area contributed by atoms with Crippen molar-refractivity contribution in [3.8, 4) is 5.75 Å². The maximum atomic E-state index is 6.77. The van der Waals surface area contributed by atoms with Crippen LogP contribution in [0.1, 0.15) is 40.2 Å². The van der Waals surface area contributed by atoms with E-state index in [0.717, 1.165) is 11.3 Å². The smallest absolute Gasteiger partial charge is 0.192 e. The first-order valence-electron chi connectivity index (χ1n) is 9.84. The van der Waals surface area contributed by atoms with Crippen LogP contribution in [0.2, 0.25) is 18.1 Å². The summed E-state index contributed by atoms with van der Waals surface area (Å²) in [6.45, 7) is 17.0. The van der Waals surface area contributed by atoms with Crippen LogP contribution in [-0.4, -0.2) is 28.1 Å². The molecule has 5 heteroatoms. The summed E-state index contributed by atoms with van der Waals surface area (Å²) in [5.41, 5.74) is 2.38. The van der Waals surface area contributed by atoms with Gasteiger partial charge in [0.2, 0.25) is 0 Å². The van der Waals surface area contributed by atoms with Gasteiger partial charge in [-0.3, -0.25) is 0 Å². The predicted octanol–water partition coefficient (Wildman–Crippen LogP) is 7.13. The maximum Gasteiger partial charge on any atom is 0.192 e. The molecular weight excluding hydrogens is 479 g/mol. The Morgan fingerprint density at radius 1 is 1.18 bits per heavy atom. The number of halogens is 1. The van der Waals surface area contributed by atoms with Gasteiger partial charge in [-0.05, 0) is 52.4 Å². The Labute approximate surface area is 186 Å². The van der Waals surface area contributed by atoms with Crippen molar-refractivity contribution in [2.45, 2.75) is 65.5 Å². The summed E-state index contributed by atoms with van der Waals surface area (Å²) in [6, 6.07) is 7.99. The summed E-state index contributed by atoms with van der Waals surface area (Å²) in [4.78, 5) is 0. The van der Waals surface area contributed by atoms with Gasteiger partial charge in [0.05, 0.1) is 26.4 Å². The lowest BCUT2D eigenvalue weighted by molar-refractivity contribution is 0.144. The van der Waals surface area contributed by atoms with Crippen molar-refractivity contribution in [1.29, 1.82) is 0 Å². The minimum Gasteiger partial charge on any atom is -0.497 e. The first-order valence-corrected chi connectivity index (χ1v) is 14.0. The van der Waals surface area contributed by atoms with E-state index in [9.17, 15) is 0 Å². The monoisotopic (exact) mass is 516 g/mol. The van der Waals surface area contributed by atoms with Gasteiger partial charge >= 0.3 is 0 Å². The third-order valence-electron chi connectivity index (χ3n) is 5.48. The second-order valence-electron chi connectivity index (χ2n) is 8.79. The van der Waals surface area contributed by atoms with Gasteiger partial charge in [-0.2, -0.15) is 0 Å². The van der Waals surface area contributed by atoms with Gasteiger partial charge in [-0.1, -0.05) is 74.6 Å². The normalized spacial score (nSPS) is 15.7. The Morgan fingerprint density at radius 2 is 1.79 bits per heavy atom. The molecule has 1 aromatic carbocycles. The van der Waals surface area contributed by atoms with Crippen molar-refractivity contribution in [2.24, 2.45) is 5.92 Å². The standard InChI is InChI=1S/C23H37IO3Si/c1-18(13-15-24)22(27-28(7,8)23(3,4)5)19(2)14-16-26-17-20-9-11-21(25-6)12-10-20/h9-15,18,22H,16-17H2,1-8H3/b15-13-,19-14+/t18-,22-/m0/s1. The summed E-state index contributed by atoms with van der Waals surface area (Å²) in [5, 5.41) is 0.185. The van der Waals surface area contributed by atoms with Gasteiger partial charge in [-0.15, -0.1) is 0 Å². The number of hydrogen-bond acceptors (Lipinski definition) is 3. The lowest BCUT2D eigenvalue weighted by Crippen LogP contribution is -2.45. The van der Waals surface area contributed by atoms with Crippen LogP contribution >= 0.6 is 22.6 Å². The van der Waals surface area contributed by atoms with E-state index in [4.69, 9.17) is 13.9 Å². The average Bonchev–Trinajstić information content (AvgIpc) is 2.62. The first kappa shape index (κ1) is 25.4. The van der Waals surface area contributed by atoms with Crippen molar-refractivity contribution < 1.29 is 13.9 Å². The fourth-order valence-corrected chi connectivity index (χ4v) is 4.57. The molecule has 0 aromatic heterocycles. The van der Waals surface area contributed by atoms with E-state index in [2.05, 4.69) is 86.5 Å². The SMILES string of the molecule is COc1ccc(COC/C=C(\C)[C@@H](O[Si](C)(C)C(C)(C)C)[C@@H](C)/C=C\I)cc1. The molecule has 0 radical (unpaired) electrons. The van der Waals surface area contributed by atoms with Crippen LogP contribution in [0, 0.1) is 5.92 Å². The Hall–Kier alpha value is -0.633. The number of benzene rings is 1. The molecule has 0 fully saturated rings. The molecule has 0 heterocycles. The Kier molecular flexibility index (Phi) is 10.5. The van der Waals surface area contributed by atoms with Crippen LogP contribution in [0.4, 0.5) is 0 Å². The Morgan fingerprint density at radius 3 is 2.29 bits per heavy atom. The fraction of sp³-hybridized carbons (Fsp3) is 0.565. The third-order valence-corrected chi connectivity index (χ3v) is 10.4. The van der Waals surface area contributed by atoms with Gasteiger partial charge < -0.3 is 13.9 Å². The summed E-state index contributed by atoms with van der Waals surface area (Å²) >= 11 is 2.28. The van der Waals surface area contributed by atoms with Gasteiger partial charge in [0, 0.05) is 5.92 Å². The van der Waals surface area contributed by atoms with Gasteiger partial charge in [0.25, 0.3) is 0 Å². The number of methoxy groups -OCH3 is 1. The zero-order valence-corrected chi connectivity index (χ0v) is 21.9. The minimum absolute atomic E-state index is 0.0801. The van der Waals surface area contributed by atoms with Crippen molar-refractivity contribution in [1.82, 2.24) is 0 Å². The van der Waals surface area contributed by atoms with Crippen LogP contribution in [0.25, 0.3) is 0 Å². The van der Waals surface area contributed by atoms with Crippen molar-refractivity contribution in [2.75, 3.05) is 13.7 Å². The average molecular weight is 517 g/mol. The molecule has 1 rings (SSSR count). The van der Waals surface area contributed by atoms with E-state index in [1.807, 2.05) is 24.3 Å². The van der Waals surface area contributed by atoms with Crippen LogP contribution in [0.15, 0.2) is 46.1 Å². The van der Waals surface area contributed by atoms with E-state index in [0.29, 0.717) is 19.1 Å². The molecule has 0 unspecified atom stereocenters. The molecule has 28 heavy (non-hydrogen) atoms. The summed E-state index contributed by atoms with van der Waals surface area (Å²) < 4.78 is 19.9. The van der Waals surface area contributed by atoms with Crippen LogP contribution in [-0.2, 0) is 15.8 Å². The Bertz CT molecular complexity index is 645. The van der Waals surface area contributed by atoms with E-state index in [1.165, 1.54) is 5.57 Å². The summed E-state index contributed by atoms with van der Waals surface area (Å²) in [7, 11) is -0.185. The largest absolute Gasteiger partial charge is 0.497 e. The van der Waals surface area contributed by atoms with Gasteiger partial charge in [0.1, 0.15) is 5.75 Å². The molecule has 0 spiro atoms. The third kappa shape index (κ3) is 8.01. The molecule has 3 nitrogen and oxygen atoms in total. The van der Waals surface area contributed by atoms with E-state index in [-0.39, 0.29) is 11.1 Å². The van der Waals surface area contributed by atoms with Gasteiger partial charge in [0.15, 0.2) is 8.32 Å². The lowest BCUT2D eigenvalue weighted by Gasteiger charge is -2.41.